The fourth-order valence-corrected chi connectivity index (χ4v) is 6.04. The topological polar surface area (TPSA) is 18.5 Å². The van der Waals surface area contributed by atoms with E-state index in [1.807, 2.05) is 18.2 Å². The fourth-order valence-electron chi connectivity index (χ4n) is 6.04. The third-order valence-corrected chi connectivity index (χ3v) is 8.12. The smallest absolute Gasteiger partial charge is 0.0465 e. The molecular weight excluding hydrogens is 522 g/mol. The second kappa shape index (κ2) is 12.5. The van der Waals surface area contributed by atoms with Gasteiger partial charge in [0, 0.05) is 45.5 Å². The molecule has 3 nitrogen and oxygen atoms in total. The molecule has 3 heteroatoms. The molecule has 1 N–H and O–H groups in total. The lowest BCUT2D eigenvalue weighted by molar-refractivity contribution is 0.511. The summed E-state index contributed by atoms with van der Waals surface area (Å²) in [6, 6.07) is 38.4. The van der Waals surface area contributed by atoms with E-state index in [1.54, 1.807) is 0 Å². The summed E-state index contributed by atoms with van der Waals surface area (Å²) in [7, 11) is 0. The number of rotatable bonds is 8. The second-order valence-electron chi connectivity index (χ2n) is 11.7. The average molecular weight is 562 g/mol. The zero-order valence-corrected chi connectivity index (χ0v) is 25.1. The van der Waals surface area contributed by atoms with Gasteiger partial charge in [-0.3, -0.25) is 0 Å². The van der Waals surface area contributed by atoms with Gasteiger partial charge >= 0.3 is 0 Å². The van der Waals surface area contributed by atoms with Crippen LogP contribution in [0, 0.1) is 0 Å². The van der Waals surface area contributed by atoms with Gasteiger partial charge in [0.1, 0.15) is 0 Å². The quantitative estimate of drug-likeness (QED) is 0.216. The average Bonchev–Trinajstić information content (AvgIpc) is 3.05. The van der Waals surface area contributed by atoms with Crippen molar-refractivity contribution < 1.29 is 0 Å². The molecule has 0 amide bonds. The Morgan fingerprint density at radius 1 is 0.767 bits per heavy atom. The van der Waals surface area contributed by atoms with Crippen molar-refractivity contribution in [3.8, 4) is 0 Å². The van der Waals surface area contributed by atoms with Gasteiger partial charge in [0.2, 0.25) is 0 Å². The third kappa shape index (κ3) is 6.12. The molecule has 1 heterocycles. The number of nitrogens with zero attached hydrogens (tertiary/aromatic N) is 2. The van der Waals surface area contributed by atoms with E-state index in [-0.39, 0.29) is 5.41 Å². The fraction of sp³-hybridized carbons (Fsp3) is 0.150. The van der Waals surface area contributed by atoms with Gasteiger partial charge < -0.3 is 15.1 Å². The lowest BCUT2D eigenvalue weighted by atomic mass is 9.76. The molecule has 2 aliphatic rings. The number of benzene rings is 4. The Morgan fingerprint density at radius 2 is 1.40 bits per heavy atom. The van der Waals surface area contributed by atoms with Crippen LogP contribution in [-0.2, 0) is 5.41 Å². The van der Waals surface area contributed by atoms with Crippen molar-refractivity contribution >= 4 is 28.4 Å². The number of allylic oxidation sites excluding steroid dienone is 7. The standard InChI is InChI=1S/C40H39N3/c1-4-32(42(33-17-9-5-10-18-33)34-19-11-6-12-20-34)26-25-31-30-40(2,3)38-29-37(27-28-39(38)41-31)43(35-21-13-7-14-22-35)36-23-15-8-16-24-36/h4-7,9-15,17-29,41H,1,8,16,30H2,2-3H3/b31-25+,32-26+. The SMILES string of the molecule is C=C/C(=C\C=C1/CC(C)(C)c2cc(N(C3=CCCC=C3)c3ccccc3)ccc2N1)N(c1ccccc1)c1ccccc1. The number of fused-ring (bicyclic) bond motifs is 1. The van der Waals surface area contributed by atoms with Crippen LogP contribution < -0.4 is 15.1 Å². The van der Waals surface area contributed by atoms with Gasteiger partial charge in [0.05, 0.1) is 0 Å². The molecule has 0 unspecified atom stereocenters. The minimum atomic E-state index is -0.0533. The Labute approximate surface area is 256 Å². The molecule has 43 heavy (non-hydrogen) atoms. The Kier molecular flexibility index (Phi) is 8.15. The van der Waals surface area contributed by atoms with Crippen LogP contribution in [0.2, 0.25) is 0 Å². The summed E-state index contributed by atoms with van der Waals surface area (Å²) in [4.78, 5) is 4.61. The van der Waals surface area contributed by atoms with Crippen LogP contribution in [0.1, 0.15) is 38.7 Å². The summed E-state index contributed by atoms with van der Waals surface area (Å²) in [5.41, 5.74) is 10.4. The highest BCUT2D eigenvalue weighted by Gasteiger charge is 2.31. The lowest BCUT2D eigenvalue weighted by Gasteiger charge is -2.37. The summed E-state index contributed by atoms with van der Waals surface area (Å²) in [6.45, 7) is 8.86. The van der Waals surface area contributed by atoms with Gasteiger partial charge in [-0.1, -0.05) is 87.2 Å². The number of para-hydroxylation sites is 3. The minimum absolute atomic E-state index is 0.0533. The first kappa shape index (κ1) is 28.1. The van der Waals surface area contributed by atoms with E-state index in [0.29, 0.717) is 0 Å². The number of hydrogen-bond donors (Lipinski definition) is 1. The van der Waals surface area contributed by atoms with Gasteiger partial charge in [0.15, 0.2) is 0 Å². The van der Waals surface area contributed by atoms with Gasteiger partial charge in [0.25, 0.3) is 0 Å². The first-order valence-corrected chi connectivity index (χ1v) is 15.1. The molecule has 0 fully saturated rings. The van der Waals surface area contributed by atoms with Crippen LogP contribution in [0.4, 0.5) is 28.4 Å². The van der Waals surface area contributed by atoms with Crippen molar-refractivity contribution in [2.75, 3.05) is 15.1 Å². The molecule has 0 saturated carbocycles. The Balaban J connectivity index is 1.34. The summed E-state index contributed by atoms with van der Waals surface area (Å²) in [6.07, 6.45) is 16.2. The zero-order chi connectivity index (χ0) is 29.6. The predicted octanol–water partition coefficient (Wildman–Crippen LogP) is 10.9. The summed E-state index contributed by atoms with van der Waals surface area (Å²) >= 11 is 0. The van der Waals surface area contributed by atoms with E-state index in [1.165, 1.54) is 28.3 Å². The molecule has 0 aromatic heterocycles. The van der Waals surface area contributed by atoms with E-state index in [9.17, 15) is 0 Å². The van der Waals surface area contributed by atoms with Crippen LogP contribution in [0.5, 0.6) is 0 Å². The minimum Gasteiger partial charge on any atom is -0.359 e. The molecule has 0 radical (unpaired) electrons. The lowest BCUT2D eigenvalue weighted by Crippen LogP contribution is -2.27. The Bertz CT molecular complexity index is 1650. The zero-order valence-electron chi connectivity index (χ0n) is 25.1. The van der Waals surface area contributed by atoms with E-state index < -0.39 is 0 Å². The second-order valence-corrected chi connectivity index (χ2v) is 11.7. The number of anilines is 5. The van der Waals surface area contributed by atoms with Gasteiger partial charge in [-0.2, -0.15) is 0 Å². The highest BCUT2D eigenvalue weighted by atomic mass is 15.2. The normalized spacial score (nSPS) is 16.6. The van der Waals surface area contributed by atoms with Crippen molar-refractivity contribution in [3.63, 3.8) is 0 Å². The van der Waals surface area contributed by atoms with Crippen molar-refractivity contribution in [3.05, 3.63) is 175 Å². The summed E-state index contributed by atoms with van der Waals surface area (Å²) in [5, 5.41) is 3.75. The largest absolute Gasteiger partial charge is 0.359 e. The van der Waals surface area contributed by atoms with Crippen LogP contribution in [-0.4, -0.2) is 0 Å². The summed E-state index contributed by atoms with van der Waals surface area (Å²) in [5.74, 6) is 0. The van der Waals surface area contributed by atoms with Crippen molar-refractivity contribution in [1.29, 1.82) is 0 Å². The molecule has 0 bridgehead atoms. The van der Waals surface area contributed by atoms with Crippen LogP contribution in [0.25, 0.3) is 0 Å². The van der Waals surface area contributed by atoms with Gasteiger partial charge in [-0.25, -0.2) is 0 Å². The molecule has 214 valence electrons. The van der Waals surface area contributed by atoms with E-state index in [4.69, 9.17) is 0 Å². The molecule has 0 atom stereocenters. The predicted molar refractivity (Wildman–Crippen MR) is 184 cm³/mol. The van der Waals surface area contributed by atoms with Crippen molar-refractivity contribution in [2.45, 2.75) is 38.5 Å². The monoisotopic (exact) mass is 561 g/mol. The van der Waals surface area contributed by atoms with Crippen molar-refractivity contribution in [1.82, 2.24) is 0 Å². The maximum atomic E-state index is 4.18. The van der Waals surface area contributed by atoms with Crippen molar-refractivity contribution in [2.24, 2.45) is 0 Å². The molecule has 4 aromatic carbocycles. The first-order valence-electron chi connectivity index (χ1n) is 15.1. The maximum absolute atomic E-state index is 4.18. The maximum Gasteiger partial charge on any atom is 0.0465 e. The molecule has 1 aliphatic heterocycles. The molecule has 1 aliphatic carbocycles. The number of nitrogens with one attached hydrogen (secondary N) is 1. The van der Waals surface area contributed by atoms with Crippen LogP contribution >= 0.6 is 0 Å². The molecule has 6 rings (SSSR count). The van der Waals surface area contributed by atoms with Crippen LogP contribution in [0.3, 0.4) is 0 Å². The van der Waals surface area contributed by atoms with E-state index >= 15 is 0 Å². The van der Waals surface area contributed by atoms with Gasteiger partial charge in [-0.15, -0.1) is 0 Å². The van der Waals surface area contributed by atoms with E-state index in [0.717, 1.165) is 42.0 Å². The third-order valence-electron chi connectivity index (χ3n) is 8.12. The molecule has 0 spiro atoms. The highest BCUT2D eigenvalue weighted by molar-refractivity contribution is 5.75. The summed E-state index contributed by atoms with van der Waals surface area (Å²) < 4.78 is 0. The highest BCUT2D eigenvalue weighted by Crippen LogP contribution is 2.44. The molecular formula is C40H39N3. The first-order chi connectivity index (χ1) is 21.0. The Morgan fingerprint density at radius 3 is 1.98 bits per heavy atom. The van der Waals surface area contributed by atoms with Gasteiger partial charge in [-0.05, 0) is 109 Å². The Hall–Kier alpha value is -5.02. The van der Waals surface area contributed by atoms with Crippen LogP contribution in [0.15, 0.2) is 169 Å². The number of hydrogen-bond acceptors (Lipinski definition) is 3. The van der Waals surface area contributed by atoms with E-state index in [2.05, 4.69) is 163 Å². The molecule has 0 saturated heterocycles. The molecule has 4 aromatic rings.